The van der Waals surface area contributed by atoms with Gasteiger partial charge >= 0.3 is 0 Å². The van der Waals surface area contributed by atoms with Gasteiger partial charge in [0, 0.05) is 17.8 Å². The lowest BCUT2D eigenvalue weighted by atomic mass is 10.2. The fraction of sp³-hybridized carbons (Fsp3) is 0.250. The van der Waals surface area contributed by atoms with Crippen LogP contribution in [-0.2, 0) is 14.8 Å². The number of anilines is 1. The van der Waals surface area contributed by atoms with Crippen LogP contribution in [0.2, 0.25) is 0 Å². The van der Waals surface area contributed by atoms with Crippen molar-refractivity contribution in [3.8, 4) is 5.75 Å². The molecule has 2 N–H and O–H groups in total. The van der Waals surface area contributed by atoms with Gasteiger partial charge in [0.2, 0.25) is 15.9 Å². The molecule has 0 unspecified atom stereocenters. The molecule has 27 heavy (non-hydrogen) atoms. The second-order valence-electron chi connectivity index (χ2n) is 6.38. The maximum atomic E-state index is 12.5. The van der Waals surface area contributed by atoms with E-state index in [0.717, 1.165) is 5.56 Å². The van der Waals surface area contributed by atoms with Gasteiger partial charge in [0.15, 0.2) is 0 Å². The summed E-state index contributed by atoms with van der Waals surface area (Å²) in [6.07, 6.45) is 2.91. The van der Waals surface area contributed by atoms with Crippen molar-refractivity contribution < 1.29 is 17.9 Å². The third-order valence-electron chi connectivity index (χ3n) is 3.58. The Morgan fingerprint density at radius 1 is 1.15 bits per heavy atom. The Balaban J connectivity index is 2.22. The first kappa shape index (κ1) is 20.7. The molecule has 0 heterocycles. The summed E-state index contributed by atoms with van der Waals surface area (Å²) in [4.78, 5) is 12.1. The zero-order valence-electron chi connectivity index (χ0n) is 15.8. The van der Waals surface area contributed by atoms with Gasteiger partial charge in [-0.25, -0.2) is 13.1 Å². The average molecular weight is 388 g/mol. The fourth-order valence-electron chi connectivity index (χ4n) is 2.46. The van der Waals surface area contributed by atoms with E-state index in [1.165, 1.54) is 19.3 Å². The van der Waals surface area contributed by atoms with Gasteiger partial charge in [-0.2, -0.15) is 0 Å². The summed E-state index contributed by atoms with van der Waals surface area (Å²) < 4.78 is 32.7. The van der Waals surface area contributed by atoms with Crippen molar-refractivity contribution in [3.05, 3.63) is 59.7 Å². The Morgan fingerprint density at radius 3 is 2.52 bits per heavy atom. The molecule has 2 aromatic rings. The standard InChI is InChI=1S/C20H24N2O4S/c1-14(2)22-27(24,25)19-13-16(8-10-18(19)26-4)9-11-20(23)21-17-7-5-6-15(3)12-17/h5-14,22H,1-4H3,(H,21,23). The maximum Gasteiger partial charge on any atom is 0.248 e. The van der Waals surface area contributed by atoms with E-state index in [4.69, 9.17) is 4.74 Å². The largest absolute Gasteiger partial charge is 0.495 e. The minimum Gasteiger partial charge on any atom is -0.495 e. The van der Waals surface area contributed by atoms with Gasteiger partial charge in [-0.3, -0.25) is 4.79 Å². The van der Waals surface area contributed by atoms with E-state index < -0.39 is 10.0 Å². The Hall–Kier alpha value is -2.64. The van der Waals surface area contributed by atoms with Crippen molar-refractivity contribution in [1.29, 1.82) is 0 Å². The molecular weight excluding hydrogens is 364 g/mol. The first-order valence-electron chi connectivity index (χ1n) is 8.47. The number of hydrogen-bond donors (Lipinski definition) is 2. The fourth-order valence-corrected chi connectivity index (χ4v) is 3.91. The number of hydrogen-bond acceptors (Lipinski definition) is 4. The summed E-state index contributed by atoms with van der Waals surface area (Å²) in [7, 11) is -2.31. The molecule has 144 valence electrons. The number of ether oxygens (including phenoxy) is 1. The van der Waals surface area contributed by atoms with Crippen LogP contribution in [0.5, 0.6) is 5.75 Å². The topological polar surface area (TPSA) is 84.5 Å². The first-order chi connectivity index (χ1) is 12.7. The van der Waals surface area contributed by atoms with Crippen molar-refractivity contribution in [2.24, 2.45) is 0 Å². The zero-order valence-corrected chi connectivity index (χ0v) is 16.6. The van der Waals surface area contributed by atoms with E-state index >= 15 is 0 Å². The average Bonchev–Trinajstić information content (AvgIpc) is 2.58. The zero-order chi connectivity index (χ0) is 20.0. The molecule has 0 aromatic heterocycles. The van der Waals surface area contributed by atoms with Crippen LogP contribution in [0.4, 0.5) is 5.69 Å². The highest BCUT2D eigenvalue weighted by Crippen LogP contribution is 2.25. The van der Waals surface area contributed by atoms with Crippen LogP contribution in [0, 0.1) is 6.92 Å². The summed E-state index contributed by atoms with van der Waals surface area (Å²) >= 11 is 0. The van der Waals surface area contributed by atoms with Gasteiger partial charge in [0.05, 0.1) is 7.11 Å². The van der Waals surface area contributed by atoms with E-state index in [1.54, 1.807) is 38.1 Å². The molecule has 0 atom stereocenters. The van der Waals surface area contributed by atoms with Crippen LogP contribution in [0.3, 0.4) is 0 Å². The van der Waals surface area contributed by atoms with E-state index in [-0.39, 0.29) is 22.6 Å². The summed E-state index contributed by atoms with van der Waals surface area (Å²) in [6, 6.07) is 11.9. The Bertz CT molecular complexity index is 950. The van der Waals surface area contributed by atoms with E-state index in [1.807, 2.05) is 25.1 Å². The van der Waals surface area contributed by atoms with Gasteiger partial charge in [-0.15, -0.1) is 0 Å². The molecule has 0 bridgehead atoms. The molecule has 0 aliphatic carbocycles. The molecule has 1 amide bonds. The number of amides is 1. The second-order valence-corrected chi connectivity index (χ2v) is 8.06. The van der Waals surface area contributed by atoms with Crippen molar-refractivity contribution >= 4 is 27.7 Å². The minimum absolute atomic E-state index is 0.0277. The predicted molar refractivity (Wildman–Crippen MR) is 107 cm³/mol. The lowest BCUT2D eigenvalue weighted by Gasteiger charge is -2.13. The number of carbonyl (C=O) groups is 1. The lowest BCUT2D eigenvalue weighted by Crippen LogP contribution is -2.30. The molecule has 7 heteroatoms. The van der Waals surface area contributed by atoms with Crippen LogP contribution < -0.4 is 14.8 Å². The number of rotatable bonds is 7. The monoisotopic (exact) mass is 388 g/mol. The van der Waals surface area contributed by atoms with Crippen LogP contribution in [-0.4, -0.2) is 27.5 Å². The second kappa shape index (κ2) is 8.83. The number of aryl methyl sites for hydroxylation is 1. The van der Waals surface area contributed by atoms with Crippen LogP contribution in [0.15, 0.2) is 53.4 Å². The smallest absolute Gasteiger partial charge is 0.248 e. The molecule has 0 aliphatic rings. The summed E-state index contributed by atoms with van der Waals surface area (Å²) in [5.41, 5.74) is 2.31. The Kier molecular flexibility index (Phi) is 6.76. The quantitative estimate of drug-likeness (QED) is 0.713. The third kappa shape index (κ3) is 5.94. The van der Waals surface area contributed by atoms with Crippen LogP contribution in [0.25, 0.3) is 6.08 Å². The molecule has 0 spiro atoms. The summed E-state index contributed by atoms with van der Waals surface area (Å²) in [5, 5.41) is 2.77. The minimum atomic E-state index is -3.73. The van der Waals surface area contributed by atoms with Gasteiger partial charge in [0.1, 0.15) is 10.6 Å². The molecule has 6 nitrogen and oxygen atoms in total. The number of sulfonamides is 1. The third-order valence-corrected chi connectivity index (χ3v) is 5.26. The van der Waals surface area contributed by atoms with E-state index in [9.17, 15) is 13.2 Å². The van der Waals surface area contributed by atoms with Crippen molar-refractivity contribution in [2.45, 2.75) is 31.7 Å². The number of nitrogens with one attached hydrogen (secondary N) is 2. The molecule has 2 aromatic carbocycles. The van der Waals surface area contributed by atoms with E-state index in [2.05, 4.69) is 10.0 Å². The Labute approximate surface area is 160 Å². The van der Waals surface area contributed by atoms with Crippen molar-refractivity contribution in [3.63, 3.8) is 0 Å². The number of carbonyl (C=O) groups excluding carboxylic acids is 1. The van der Waals surface area contributed by atoms with Gasteiger partial charge in [-0.05, 0) is 62.2 Å². The van der Waals surface area contributed by atoms with Crippen molar-refractivity contribution in [2.75, 3.05) is 12.4 Å². The molecular formula is C20H24N2O4S. The van der Waals surface area contributed by atoms with Crippen molar-refractivity contribution in [1.82, 2.24) is 4.72 Å². The van der Waals surface area contributed by atoms with Crippen LogP contribution in [0.1, 0.15) is 25.0 Å². The highest BCUT2D eigenvalue weighted by Gasteiger charge is 2.20. The normalized spacial score (nSPS) is 11.7. The SMILES string of the molecule is COc1ccc(C=CC(=O)Nc2cccc(C)c2)cc1S(=O)(=O)NC(C)C. The molecule has 0 aliphatic heterocycles. The number of methoxy groups -OCH3 is 1. The molecule has 0 saturated heterocycles. The predicted octanol–water partition coefficient (Wildman–Crippen LogP) is 3.34. The molecule has 0 radical (unpaired) electrons. The summed E-state index contributed by atoms with van der Waals surface area (Å²) in [6.45, 7) is 5.42. The van der Waals surface area contributed by atoms with Gasteiger partial charge < -0.3 is 10.1 Å². The highest BCUT2D eigenvalue weighted by atomic mass is 32.2. The molecule has 2 rings (SSSR count). The van der Waals surface area contributed by atoms with Gasteiger partial charge in [0.25, 0.3) is 0 Å². The molecule has 0 saturated carbocycles. The van der Waals surface area contributed by atoms with Gasteiger partial charge in [-0.1, -0.05) is 18.2 Å². The first-order valence-corrected chi connectivity index (χ1v) is 9.95. The maximum absolute atomic E-state index is 12.5. The molecule has 0 fully saturated rings. The van der Waals surface area contributed by atoms with E-state index in [0.29, 0.717) is 11.3 Å². The lowest BCUT2D eigenvalue weighted by molar-refractivity contribution is -0.111. The Morgan fingerprint density at radius 2 is 1.89 bits per heavy atom. The highest BCUT2D eigenvalue weighted by molar-refractivity contribution is 7.89. The van der Waals surface area contributed by atoms with Crippen LogP contribution >= 0.6 is 0 Å². The number of benzene rings is 2. The summed E-state index contributed by atoms with van der Waals surface area (Å²) in [5.74, 6) is -0.0642.